The van der Waals surface area contributed by atoms with E-state index in [2.05, 4.69) is 17.6 Å². The van der Waals surface area contributed by atoms with Gasteiger partial charge < -0.3 is 15.4 Å². The van der Waals surface area contributed by atoms with Crippen LogP contribution < -0.4 is 10.6 Å². The van der Waals surface area contributed by atoms with E-state index in [1.54, 1.807) is 0 Å². The fourth-order valence-electron chi connectivity index (χ4n) is 3.10. The predicted octanol–water partition coefficient (Wildman–Crippen LogP) is 3.14. The van der Waals surface area contributed by atoms with Crippen LogP contribution in [-0.4, -0.2) is 37.0 Å². The Hall–Kier alpha value is -2.37. The molecule has 0 saturated heterocycles. The Balaban J connectivity index is 2.67. The van der Waals surface area contributed by atoms with Crippen molar-refractivity contribution in [1.82, 2.24) is 10.6 Å². The van der Waals surface area contributed by atoms with Gasteiger partial charge in [-0.25, -0.2) is 4.79 Å². The van der Waals surface area contributed by atoms with E-state index in [1.165, 1.54) is 33.3 Å². The van der Waals surface area contributed by atoms with E-state index in [9.17, 15) is 14.4 Å². The number of unbranched alkanes of at least 4 members (excludes halogenated alkanes) is 5. The van der Waals surface area contributed by atoms with Gasteiger partial charge in [-0.3, -0.25) is 9.59 Å². The first-order valence-electron chi connectivity index (χ1n) is 10.2. The lowest BCUT2D eigenvalue weighted by Gasteiger charge is -2.22. The van der Waals surface area contributed by atoms with Gasteiger partial charge in [0.05, 0.1) is 7.11 Å². The molecular formula is C22H34N2O4. The summed E-state index contributed by atoms with van der Waals surface area (Å²) < 4.78 is 4.85. The Morgan fingerprint density at radius 3 is 2.18 bits per heavy atom. The van der Waals surface area contributed by atoms with Crippen LogP contribution in [0.3, 0.4) is 0 Å². The highest BCUT2D eigenvalue weighted by atomic mass is 16.5. The van der Waals surface area contributed by atoms with Crippen LogP contribution in [0.25, 0.3) is 0 Å². The number of ether oxygens (including phenoxy) is 1. The fourth-order valence-corrected chi connectivity index (χ4v) is 3.10. The standard InChI is InChI=1S/C22H34N2O4/c1-4-5-6-7-8-12-15-19(22(27)28-3)24-21(26)20(23-17(2)25)16-18-13-10-9-11-14-18/h9-11,13-14,19-20H,4-8,12,15-16H2,1-3H3,(H,23,25)(H,24,26)/t19-,20-/m0/s1. The van der Waals surface area contributed by atoms with Crippen molar-refractivity contribution in [1.29, 1.82) is 0 Å². The first-order chi connectivity index (χ1) is 13.5. The summed E-state index contributed by atoms with van der Waals surface area (Å²) in [6.45, 7) is 3.54. The first-order valence-corrected chi connectivity index (χ1v) is 10.2. The van der Waals surface area contributed by atoms with Crippen molar-refractivity contribution in [2.75, 3.05) is 7.11 Å². The van der Waals surface area contributed by atoms with Gasteiger partial charge in [0.25, 0.3) is 0 Å². The highest BCUT2D eigenvalue weighted by Crippen LogP contribution is 2.10. The van der Waals surface area contributed by atoms with Crippen LogP contribution in [0.15, 0.2) is 30.3 Å². The molecule has 0 bridgehead atoms. The lowest BCUT2D eigenvalue weighted by atomic mass is 10.0. The molecule has 0 spiro atoms. The summed E-state index contributed by atoms with van der Waals surface area (Å²) in [5.41, 5.74) is 0.932. The van der Waals surface area contributed by atoms with Crippen LogP contribution in [-0.2, 0) is 25.5 Å². The highest BCUT2D eigenvalue weighted by Gasteiger charge is 2.26. The monoisotopic (exact) mass is 390 g/mol. The van der Waals surface area contributed by atoms with Crippen LogP contribution in [0.4, 0.5) is 0 Å². The lowest BCUT2D eigenvalue weighted by Crippen LogP contribution is -2.52. The van der Waals surface area contributed by atoms with Crippen LogP contribution in [0.2, 0.25) is 0 Å². The van der Waals surface area contributed by atoms with Gasteiger partial charge in [0, 0.05) is 13.3 Å². The number of hydrogen-bond acceptors (Lipinski definition) is 4. The molecule has 0 radical (unpaired) electrons. The van der Waals surface area contributed by atoms with Gasteiger partial charge in [-0.05, 0) is 12.0 Å². The highest BCUT2D eigenvalue weighted by molar-refractivity contribution is 5.90. The van der Waals surface area contributed by atoms with Crippen LogP contribution in [0.5, 0.6) is 0 Å². The molecule has 0 aromatic heterocycles. The van der Waals surface area contributed by atoms with Crippen molar-refractivity contribution in [3.8, 4) is 0 Å². The zero-order valence-corrected chi connectivity index (χ0v) is 17.3. The summed E-state index contributed by atoms with van der Waals surface area (Å²) in [6.07, 6.45) is 7.46. The van der Waals surface area contributed by atoms with Gasteiger partial charge in [-0.2, -0.15) is 0 Å². The summed E-state index contributed by atoms with van der Waals surface area (Å²) in [4.78, 5) is 36.4. The normalized spacial score (nSPS) is 12.7. The molecule has 1 aromatic rings. The third-order valence-electron chi connectivity index (χ3n) is 4.63. The Kier molecular flexibility index (Phi) is 11.6. The molecule has 2 N–H and O–H groups in total. The van der Waals surface area contributed by atoms with Gasteiger partial charge in [0.15, 0.2) is 0 Å². The lowest BCUT2D eigenvalue weighted by molar-refractivity contribution is -0.145. The van der Waals surface area contributed by atoms with E-state index in [-0.39, 0.29) is 11.8 Å². The topological polar surface area (TPSA) is 84.5 Å². The number of benzene rings is 1. The molecule has 0 heterocycles. The largest absolute Gasteiger partial charge is 0.467 e. The second-order valence-corrected chi connectivity index (χ2v) is 7.08. The van der Waals surface area contributed by atoms with E-state index in [0.717, 1.165) is 24.8 Å². The Morgan fingerprint density at radius 1 is 0.929 bits per heavy atom. The molecule has 1 rings (SSSR count). The fraction of sp³-hybridized carbons (Fsp3) is 0.591. The molecular weight excluding hydrogens is 356 g/mol. The molecule has 1 aromatic carbocycles. The maximum absolute atomic E-state index is 12.8. The van der Waals surface area contributed by atoms with Crippen LogP contribution >= 0.6 is 0 Å². The molecule has 0 saturated carbocycles. The molecule has 28 heavy (non-hydrogen) atoms. The van der Waals surface area contributed by atoms with E-state index in [4.69, 9.17) is 4.74 Å². The minimum atomic E-state index is -0.739. The first kappa shape index (κ1) is 23.7. The Morgan fingerprint density at radius 2 is 1.57 bits per heavy atom. The Bertz CT molecular complexity index is 604. The maximum atomic E-state index is 12.8. The van der Waals surface area contributed by atoms with E-state index in [0.29, 0.717) is 12.8 Å². The second-order valence-electron chi connectivity index (χ2n) is 7.08. The molecule has 0 unspecified atom stereocenters. The number of rotatable bonds is 13. The third kappa shape index (κ3) is 9.53. The second kappa shape index (κ2) is 13.7. The van der Waals surface area contributed by atoms with E-state index in [1.807, 2.05) is 30.3 Å². The zero-order chi connectivity index (χ0) is 20.8. The van der Waals surface area contributed by atoms with Gasteiger partial charge in [0.1, 0.15) is 12.1 Å². The minimum Gasteiger partial charge on any atom is -0.467 e. The Labute approximate surface area is 168 Å². The smallest absolute Gasteiger partial charge is 0.328 e. The number of hydrogen-bond donors (Lipinski definition) is 2. The van der Waals surface area contributed by atoms with Crippen molar-refractivity contribution < 1.29 is 19.1 Å². The van der Waals surface area contributed by atoms with Gasteiger partial charge in [-0.1, -0.05) is 75.8 Å². The van der Waals surface area contributed by atoms with E-state index < -0.39 is 18.1 Å². The molecule has 2 amide bonds. The number of carbonyl (C=O) groups is 3. The minimum absolute atomic E-state index is 0.290. The number of methoxy groups -OCH3 is 1. The summed E-state index contributed by atoms with van der Waals surface area (Å²) in [7, 11) is 1.32. The van der Waals surface area contributed by atoms with Gasteiger partial charge in [0.2, 0.25) is 11.8 Å². The predicted molar refractivity (Wildman–Crippen MR) is 110 cm³/mol. The van der Waals surface area contributed by atoms with Crippen molar-refractivity contribution in [3.05, 3.63) is 35.9 Å². The molecule has 6 heteroatoms. The maximum Gasteiger partial charge on any atom is 0.328 e. The van der Waals surface area contributed by atoms with Crippen molar-refractivity contribution in [2.45, 2.75) is 77.3 Å². The van der Waals surface area contributed by atoms with Crippen LogP contribution in [0.1, 0.15) is 64.4 Å². The summed E-state index contributed by atoms with van der Waals surface area (Å²) in [5.74, 6) is -1.12. The van der Waals surface area contributed by atoms with Crippen molar-refractivity contribution >= 4 is 17.8 Å². The van der Waals surface area contributed by atoms with Gasteiger partial charge in [-0.15, -0.1) is 0 Å². The number of carbonyl (C=O) groups excluding carboxylic acids is 3. The molecule has 0 aliphatic heterocycles. The SMILES string of the molecule is CCCCCCCC[C@H](NC(=O)[C@H](Cc1ccccc1)NC(C)=O)C(=O)OC. The average Bonchev–Trinajstić information content (AvgIpc) is 2.68. The molecule has 156 valence electrons. The molecule has 6 nitrogen and oxygen atoms in total. The van der Waals surface area contributed by atoms with Crippen molar-refractivity contribution in [2.24, 2.45) is 0 Å². The number of esters is 1. The number of nitrogens with one attached hydrogen (secondary N) is 2. The van der Waals surface area contributed by atoms with E-state index >= 15 is 0 Å². The third-order valence-corrected chi connectivity index (χ3v) is 4.63. The van der Waals surface area contributed by atoms with Crippen molar-refractivity contribution in [3.63, 3.8) is 0 Å². The average molecular weight is 391 g/mol. The number of amides is 2. The zero-order valence-electron chi connectivity index (χ0n) is 17.3. The summed E-state index contributed by atoms with van der Waals surface area (Å²) in [5, 5.41) is 5.45. The quantitative estimate of drug-likeness (QED) is 0.400. The van der Waals surface area contributed by atoms with Gasteiger partial charge >= 0.3 is 5.97 Å². The summed E-state index contributed by atoms with van der Waals surface area (Å²) >= 11 is 0. The summed E-state index contributed by atoms with van der Waals surface area (Å²) in [6, 6.07) is 8.02. The molecule has 0 fully saturated rings. The molecule has 0 aliphatic rings. The molecule has 0 aliphatic carbocycles. The molecule has 2 atom stereocenters. The van der Waals surface area contributed by atoms with Crippen LogP contribution in [0, 0.1) is 0 Å².